The van der Waals surface area contributed by atoms with Crippen molar-refractivity contribution in [3.8, 4) is 0 Å². The summed E-state index contributed by atoms with van der Waals surface area (Å²) in [4.78, 5) is 10.4. The van der Waals surface area contributed by atoms with Crippen LogP contribution in [0.1, 0.15) is 63.4 Å². The fourth-order valence-electron chi connectivity index (χ4n) is 3.16. The van der Waals surface area contributed by atoms with Crippen molar-refractivity contribution in [3.05, 3.63) is 48.0 Å². The van der Waals surface area contributed by atoms with Crippen LogP contribution in [0.15, 0.2) is 42.5 Å². The number of benzene rings is 2. The average molecular weight is 352 g/mol. The third-order valence-corrected chi connectivity index (χ3v) is 4.47. The van der Waals surface area contributed by atoms with Crippen LogP contribution in [0.5, 0.6) is 0 Å². The molecule has 2 rings (SSSR count). The van der Waals surface area contributed by atoms with Crippen molar-refractivity contribution in [2.75, 3.05) is 0 Å². The number of carboxylic acid groups (broad SMARTS) is 1. The summed E-state index contributed by atoms with van der Waals surface area (Å²) >= 11 is 0. The molecule has 2 aromatic rings. The topological polar surface area (TPSA) is 37.3 Å². The Kier molecular flexibility index (Phi) is 11.9. The molecule has 0 saturated heterocycles. The van der Waals surface area contributed by atoms with Crippen molar-refractivity contribution in [1.29, 1.82) is 0 Å². The Morgan fingerprint density at radius 1 is 0.750 bits per heavy atom. The first-order valence-electron chi connectivity index (χ1n) is 8.96. The summed E-state index contributed by atoms with van der Waals surface area (Å²) < 4.78 is 0. The van der Waals surface area contributed by atoms with Crippen LogP contribution in [-0.2, 0) is 11.2 Å². The number of carboxylic acids is 1. The number of carbonyl (C=O) groups is 1. The van der Waals surface area contributed by atoms with Gasteiger partial charge in [-0.3, -0.25) is 4.79 Å². The predicted octanol–water partition coefficient (Wildman–Crippen LogP) is 5.60. The third-order valence-electron chi connectivity index (χ3n) is 4.47. The molecule has 0 heterocycles. The quantitative estimate of drug-likeness (QED) is 0.423. The standard InChI is InChI=1S/C21H28O2.K/c22-21(23)17-8-6-4-2-1-3-5-7-12-18-14-11-15-19-13-9-10-16-20(18)19;/h9-11,13-16H,1-8,12,17H2,(H,22,23);. The van der Waals surface area contributed by atoms with Gasteiger partial charge in [0.15, 0.2) is 0 Å². The molecule has 125 valence electrons. The number of rotatable bonds is 11. The normalized spacial score (nSPS) is 10.5. The fourth-order valence-corrected chi connectivity index (χ4v) is 3.16. The maximum Gasteiger partial charge on any atom is 0.303 e. The van der Waals surface area contributed by atoms with Gasteiger partial charge in [0.05, 0.1) is 0 Å². The molecule has 0 aliphatic heterocycles. The van der Waals surface area contributed by atoms with E-state index in [1.165, 1.54) is 61.3 Å². The van der Waals surface area contributed by atoms with E-state index in [-0.39, 0.29) is 51.4 Å². The molecule has 0 saturated carbocycles. The van der Waals surface area contributed by atoms with Crippen LogP contribution in [-0.4, -0.2) is 62.5 Å². The molecule has 0 fully saturated rings. The molecule has 2 nitrogen and oxygen atoms in total. The second-order valence-corrected chi connectivity index (χ2v) is 6.36. The molecule has 0 amide bonds. The average Bonchev–Trinajstić information content (AvgIpc) is 2.56. The van der Waals surface area contributed by atoms with Crippen LogP contribution in [0, 0.1) is 0 Å². The summed E-state index contributed by atoms with van der Waals surface area (Å²) in [7, 11) is 0. The zero-order valence-corrected chi connectivity index (χ0v) is 18.1. The number of aliphatic carboxylic acids is 1. The molecule has 0 aromatic heterocycles. The van der Waals surface area contributed by atoms with E-state index in [4.69, 9.17) is 5.11 Å². The molecular weight excluding hydrogens is 323 g/mol. The molecular formula is C21H28KO2. The van der Waals surface area contributed by atoms with E-state index in [0.29, 0.717) is 6.42 Å². The molecule has 2 aromatic carbocycles. The van der Waals surface area contributed by atoms with E-state index in [2.05, 4.69) is 42.5 Å². The molecule has 0 aliphatic carbocycles. The summed E-state index contributed by atoms with van der Waals surface area (Å²) in [6, 6.07) is 15.2. The summed E-state index contributed by atoms with van der Waals surface area (Å²) in [5, 5.41) is 11.3. The predicted molar refractivity (Wildman–Crippen MR) is 103 cm³/mol. The summed E-state index contributed by atoms with van der Waals surface area (Å²) in [5.41, 5.74) is 1.47. The largest absolute Gasteiger partial charge is 0.481 e. The maximum atomic E-state index is 10.4. The molecule has 3 heteroatoms. The first-order chi connectivity index (χ1) is 11.3. The smallest absolute Gasteiger partial charge is 0.303 e. The first kappa shape index (κ1) is 21.8. The number of hydrogen-bond acceptors (Lipinski definition) is 1. The van der Waals surface area contributed by atoms with Crippen LogP contribution >= 0.6 is 0 Å². The van der Waals surface area contributed by atoms with E-state index < -0.39 is 5.97 Å². The van der Waals surface area contributed by atoms with E-state index >= 15 is 0 Å². The molecule has 0 unspecified atom stereocenters. The summed E-state index contributed by atoms with van der Waals surface area (Å²) in [6.07, 6.45) is 10.9. The van der Waals surface area contributed by atoms with Crippen molar-refractivity contribution < 1.29 is 9.90 Å². The molecule has 0 aliphatic rings. The van der Waals surface area contributed by atoms with E-state index in [1.54, 1.807) is 0 Å². The minimum Gasteiger partial charge on any atom is -0.481 e. The number of aryl methyl sites for hydroxylation is 1. The Bertz CT molecular complexity index is 604. The summed E-state index contributed by atoms with van der Waals surface area (Å²) in [5.74, 6) is -0.668. The minimum atomic E-state index is -0.668. The Hall–Kier alpha value is -0.194. The second kappa shape index (κ2) is 13.1. The van der Waals surface area contributed by atoms with Gasteiger partial charge in [0, 0.05) is 57.8 Å². The Morgan fingerprint density at radius 3 is 2.04 bits per heavy atom. The van der Waals surface area contributed by atoms with Crippen molar-refractivity contribution in [3.63, 3.8) is 0 Å². The Labute approximate surface area is 188 Å². The van der Waals surface area contributed by atoms with Gasteiger partial charge in [-0.1, -0.05) is 81.0 Å². The molecule has 0 bridgehead atoms. The van der Waals surface area contributed by atoms with Gasteiger partial charge in [-0.05, 0) is 35.6 Å². The number of fused-ring (bicyclic) bond motifs is 1. The molecule has 0 spiro atoms. The van der Waals surface area contributed by atoms with Crippen molar-refractivity contribution in [2.24, 2.45) is 0 Å². The molecule has 0 atom stereocenters. The second-order valence-electron chi connectivity index (χ2n) is 6.36. The van der Waals surface area contributed by atoms with E-state index in [9.17, 15) is 4.79 Å². The van der Waals surface area contributed by atoms with Gasteiger partial charge >= 0.3 is 5.97 Å². The third kappa shape index (κ3) is 8.26. The monoisotopic (exact) mass is 351 g/mol. The first-order valence-corrected chi connectivity index (χ1v) is 8.96. The molecule has 1 radical (unpaired) electrons. The van der Waals surface area contributed by atoms with Gasteiger partial charge in [0.2, 0.25) is 0 Å². The van der Waals surface area contributed by atoms with Crippen LogP contribution in [0.4, 0.5) is 0 Å². The Morgan fingerprint density at radius 2 is 1.33 bits per heavy atom. The summed E-state index contributed by atoms with van der Waals surface area (Å²) in [6.45, 7) is 0. The van der Waals surface area contributed by atoms with Gasteiger partial charge in [-0.2, -0.15) is 0 Å². The van der Waals surface area contributed by atoms with E-state index in [1.807, 2.05) is 0 Å². The maximum absolute atomic E-state index is 10.4. The van der Waals surface area contributed by atoms with Gasteiger partial charge < -0.3 is 5.11 Å². The zero-order chi connectivity index (χ0) is 16.3. The van der Waals surface area contributed by atoms with Crippen LogP contribution in [0.25, 0.3) is 10.8 Å². The molecule has 24 heavy (non-hydrogen) atoms. The SMILES string of the molecule is O=C(O)CCCCCCCCCCc1cccc2ccccc12.[K]. The van der Waals surface area contributed by atoms with Gasteiger partial charge in [0.25, 0.3) is 0 Å². The van der Waals surface area contributed by atoms with Crippen molar-refractivity contribution in [2.45, 2.75) is 64.2 Å². The van der Waals surface area contributed by atoms with Crippen molar-refractivity contribution in [1.82, 2.24) is 0 Å². The van der Waals surface area contributed by atoms with Crippen LogP contribution in [0.3, 0.4) is 0 Å². The van der Waals surface area contributed by atoms with Gasteiger partial charge in [0.1, 0.15) is 0 Å². The Balaban J connectivity index is 0.00000288. The number of unbranched alkanes of at least 4 members (excludes halogenated alkanes) is 7. The van der Waals surface area contributed by atoms with Gasteiger partial charge in [-0.15, -0.1) is 0 Å². The zero-order valence-electron chi connectivity index (χ0n) is 15.0. The number of hydrogen-bond donors (Lipinski definition) is 1. The fraction of sp³-hybridized carbons (Fsp3) is 0.476. The van der Waals surface area contributed by atoms with Crippen molar-refractivity contribution >= 4 is 68.1 Å². The van der Waals surface area contributed by atoms with Gasteiger partial charge in [-0.25, -0.2) is 0 Å². The minimum absolute atomic E-state index is 0. The molecule has 1 N–H and O–H groups in total. The van der Waals surface area contributed by atoms with Crippen LogP contribution in [0.2, 0.25) is 0 Å². The van der Waals surface area contributed by atoms with E-state index in [0.717, 1.165) is 12.8 Å². The van der Waals surface area contributed by atoms with Crippen LogP contribution < -0.4 is 0 Å².